The summed E-state index contributed by atoms with van der Waals surface area (Å²) in [5, 5.41) is 13.9. The molecule has 0 unspecified atom stereocenters. The smallest absolute Gasteiger partial charge is 0.319 e. The number of nitrogens with one attached hydrogen (secondary N) is 2. The molecule has 0 aliphatic rings. The van der Waals surface area contributed by atoms with E-state index < -0.39 is 11.8 Å². The van der Waals surface area contributed by atoms with E-state index in [4.69, 9.17) is 14.7 Å². The number of amides is 2. The summed E-state index contributed by atoms with van der Waals surface area (Å²) in [6, 6.07) is 10.4. The molecule has 2 aromatic carbocycles. The standard InChI is InChI=1S/C17H16FN3O3/c1-23-13-7-6-12(15(8-13)24-2)10-20-17(22)21-16-11(9-19)4-3-5-14(16)18/h3-8H,10H2,1-2H3,(H2,20,21,22). The van der Waals surface area contributed by atoms with E-state index in [0.29, 0.717) is 11.5 Å². The van der Waals surface area contributed by atoms with Crippen molar-refractivity contribution in [2.75, 3.05) is 19.5 Å². The van der Waals surface area contributed by atoms with Gasteiger partial charge in [-0.3, -0.25) is 0 Å². The number of urea groups is 1. The molecule has 24 heavy (non-hydrogen) atoms. The topological polar surface area (TPSA) is 83.4 Å². The largest absolute Gasteiger partial charge is 0.497 e. The molecule has 7 heteroatoms. The monoisotopic (exact) mass is 329 g/mol. The van der Waals surface area contributed by atoms with Crippen molar-refractivity contribution < 1.29 is 18.7 Å². The maximum absolute atomic E-state index is 13.7. The highest BCUT2D eigenvalue weighted by molar-refractivity contribution is 5.90. The van der Waals surface area contributed by atoms with E-state index in [-0.39, 0.29) is 17.8 Å². The highest BCUT2D eigenvalue weighted by Crippen LogP contribution is 2.24. The maximum Gasteiger partial charge on any atom is 0.319 e. The molecule has 0 bridgehead atoms. The summed E-state index contributed by atoms with van der Waals surface area (Å²) >= 11 is 0. The number of halogens is 1. The maximum atomic E-state index is 13.7. The first kappa shape index (κ1) is 17.1. The summed E-state index contributed by atoms with van der Waals surface area (Å²) in [7, 11) is 3.05. The van der Waals surface area contributed by atoms with Gasteiger partial charge < -0.3 is 20.1 Å². The Morgan fingerprint density at radius 3 is 2.71 bits per heavy atom. The minimum atomic E-state index is -0.675. The molecule has 0 aromatic heterocycles. The van der Waals surface area contributed by atoms with Crippen molar-refractivity contribution in [1.29, 1.82) is 5.26 Å². The molecule has 0 spiro atoms. The number of nitriles is 1. The Hall–Kier alpha value is -3.27. The lowest BCUT2D eigenvalue weighted by Gasteiger charge is -2.12. The number of nitrogens with zero attached hydrogens (tertiary/aromatic N) is 1. The molecule has 124 valence electrons. The van der Waals surface area contributed by atoms with E-state index >= 15 is 0 Å². The van der Waals surface area contributed by atoms with Crippen LogP contribution in [0.25, 0.3) is 0 Å². The van der Waals surface area contributed by atoms with Gasteiger partial charge in [-0.1, -0.05) is 6.07 Å². The number of benzene rings is 2. The highest BCUT2D eigenvalue weighted by Gasteiger charge is 2.12. The summed E-state index contributed by atoms with van der Waals surface area (Å²) < 4.78 is 24.1. The third kappa shape index (κ3) is 3.93. The van der Waals surface area contributed by atoms with Crippen molar-refractivity contribution >= 4 is 11.7 Å². The molecular weight excluding hydrogens is 313 g/mol. The van der Waals surface area contributed by atoms with Crippen LogP contribution < -0.4 is 20.1 Å². The average molecular weight is 329 g/mol. The van der Waals surface area contributed by atoms with Crippen LogP contribution in [0.3, 0.4) is 0 Å². The van der Waals surface area contributed by atoms with Gasteiger partial charge >= 0.3 is 6.03 Å². The lowest BCUT2D eigenvalue weighted by Crippen LogP contribution is -2.29. The van der Waals surface area contributed by atoms with Crippen LogP contribution in [0.1, 0.15) is 11.1 Å². The van der Waals surface area contributed by atoms with E-state index in [0.717, 1.165) is 5.56 Å². The van der Waals surface area contributed by atoms with Crippen LogP contribution in [0.2, 0.25) is 0 Å². The van der Waals surface area contributed by atoms with Gasteiger partial charge in [0.1, 0.15) is 23.4 Å². The zero-order valence-corrected chi connectivity index (χ0v) is 13.2. The van der Waals surface area contributed by atoms with Crippen molar-refractivity contribution in [3.63, 3.8) is 0 Å². The number of carbonyl (C=O) groups excluding carboxylic acids is 1. The molecular formula is C17H16FN3O3. The number of ether oxygens (including phenoxy) is 2. The van der Waals surface area contributed by atoms with Gasteiger partial charge in [-0.25, -0.2) is 9.18 Å². The van der Waals surface area contributed by atoms with Crippen LogP contribution >= 0.6 is 0 Å². The molecule has 2 N–H and O–H groups in total. The lowest BCUT2D eigenvalue weighted by atomic mass is 10.2. The summed E-state index contributed by atoms with van der Waals surface area (Å²) in [6.07, 6.45) is 0. The molecule has 0 atom stereocenters. The molecule has 0 radical (unpaired) electrons. The second-order valence-corrected chi connectivity index (χ2v) is 4.76. The third-order valence-electron chi connectivity index (χ3n) is 3.31. The Morgan fingerprint density at radius 2 is 2.04 bits per heavy atom. The van der Waals surface area contributed by atoms with Gasteiger partial charge in [-0.2, -0.15) is 5.26 Å². The number of methoxy groups -OCH3 is 2. The molecule has 0 heterocycles. The van der Waals surface area contributed by atoms with Crippen LogP contribution in [0.5, 0.6) is 11.5 Å². The number of para-hydroxylation sites is 1. The zero-order valence-electron chi connectivity index (χ0n) is 13.2. The number of anilines is 1. The molecule has 0 saturated heterocycles. The number of hydrogen-bond acceptors (Lipinski definition) is 4. The number of hydrogen-bond donors (Lipinski definition) is 2. The van der Waals surface area contributed by atoms with E-state index in [1.807, 2.05) is 6.07 Å². The van der Waals surface area contributed by atoms with Gasteiger partial charge in [0.25, 0.3) is 0 Å². The Labute approximate surface area is 138 Å². The van der Waals surface area contributed by atoms with Gasteiger partial charge in [0.05, 0.1) is 25.5 Å². The second-order valence-electron chi connectivity index (χ2n) is 4.76. The Balaban J connectivity index is 2.06. The molecule has 0 aliphatic carbocycles. The predicted molar refractivity (Wildman–Crippen MR) is 86.5 cm³/mol. The fourth-order valence-electron chi connectivity index (χ4n) is 2.08. The first-order chi connectivity index (χ1) is 11.6. The second kappa shape index (κ2) is 7.83. The van der Waals surface area contributed by atoms with E-state index in [2.05, 4.69) is 10.6 Å². The fourth-order valence-corrected chi connectivity index (χ4v) is 2.08. The van der Waals surface area contributed by atoms with Crippen LogP contribution in [0.4, 0.5) is 14.9 Å². The first-order valence-electron chi connectivity index (χ1n) is 7.03. The van der Waals surface area contributed by atoms with Gasteiger partial charge in [-0.05, 0) is 24.3 Å². The number of carbonyl (C=O) groups is 1. The zero-order chi connectivity index (χ0) is 17.5. The van der Waals surface area contributed by atoms with E-state index in [1.54, 1.807) is 25.3 Å². The summed E-state index contributed by atoms with van der Waals surface area (Å²) in [6.45, 7) is 0.162. The van der Waals surface area contributed by atoms with E-state index in [1.165, 1.54) is 25.3 Å². The molecule has 0 fully saturated rings. The summed E-state index contributed by atoms with van der Waals surface area (Å²) in [4.78, 5) is 12.0. The third-order valence-corrected chi connectivity index (χ3v) is 3.31. The van der Waals surface area contributed by atoms with E-state index in [9.17, 15) is 9.18 Å². The van der Waals surface area contributed by atoms with Crippen LogP contribution in [0.15, 0.2) is 36.4 Å². The van der Waals surface area contributed by atoms with Gasteiger partial charge in [-0.15, -0.1) is 0 Å². The van der Waals surface area contributed by atoms with Crippen LogP contribution in [-0.4, -0.2) is 20.3 Å². The molecule has 2 rings (SSSR count). The minimum absolute atomic E-state index is 0.0483. The Kier molecular flexibility index (Phi) is 5.58. The van der Waals surface area contributed by atoms with Crippen LogP contribution in [0, 0.1) is 17.1 Å². The molecule has 2 aromatic rings. The van der Waals surface area contributed by atoms with Crippen molar-refractivity contribution in [3.05, 3.63) is 53.3 Å². The molecule has 0 aliphatic heterocycles. The molecule has 2 amide bonds. The Bertz CT molecular complexity index is 787. The SMILES string of the molecule is COc1ccc(CNC(=O)Nc2c(F)cccc2C#N)c(OC)c1. The lowest BCUT2D eigenvalue weighted by molar-refractivity contribution is 0.251. The first-order valence-corrected chi connectivity index (χ1v) is 7.03. The van der Waals surface area contributed by atoms with Crippen molar-refractivity contribution in [3.8, 4) is 17.6 Å². The number of rotatable bonds is 5. The van der Waals surface area contributed by atoms with Gasteiger partial charge in [0.2, 0.25) is 0 Å². The fraction of sp³-hybridized carbons (Fsp3) is 0.176. The molecule has 0 saturated carbocycles. The van der Waals surface area contributed by atoms with Crippen molar-refractivity contribution in [1.82, 2.24) is 5.32 Å². The normalized spacial score (nSPS) is 9.75. The van der Waals surface area contributed by atoms with Crippen molar-refractivity contribution in [2.45, 2.75) is 6.54 Å². The van der Waals surface area contributed by atoms with Gasteiger partial charge in [0.15, 0.2) is 0 Å². The quantitative estimate of drug-likeness (QED) is 0.883. The highest BCUT2D eigenvalue weighted by atomic mass is 19.1. The van der Waals surface area contributed by atoms with Crippen molar-refractivity contribution in [2.24, 2.45) is 0 Å². The average Bonchev–Trinajstić information content (AvgIpc) is 2.61. The van der Waals surface area contributed by atoms with Crippen LogP contribution in [-0.2, 0) is 6.54 Å². The summed E-state index contributed by atoms with van der Waals surface area (Å²) in [5.74, 6) is 0.509. The predicted octanol–water partition coefficient (Wildman–Crippen LogP) is 3.04. The molecule has 6 nitrogen and oxygen atoms in total. The minimum Gasteiger partial charge on any atom is -0.497 e. The van der Waals surface area contributed by atoms with Gasteiger partial charge in [0, 0.05) is 18.2 Å². The Morgan fingerprint density at radius 1 is 1.25 bits per heavy atom. The summed E-state index contributed by atoms with van der Waals surface area (Å²) in [5.41, 5.74) is 0.619.